The van der Waals surface area contributed by atoms with Crippen molar-refractivity contribution in [1.29, 1.82) is 0 Å². The Balaban J connectivity index is 2.09. The van der Waals surface area contributed by atoms with E-state index in [-0.39, 0.29) is 0 Å². The molecule has 0 bridgehead atoms. The molecule has 3 N–H and O–H groups in total. The summed E-state index contributed by atoms with van der Waals surface area (Å²) in [6.45, 7) is 0.596. The highest BCUT2D eigenvalue weighted by molar-refractivity contribution is 9.10. The van der Waals surface area contributed by atoms with Gasteiger partial charge in [0.25, 0.3) is 0 Å². The summed E-state index contributed by atoms with van der Waals surface area (Å²) in [6.07, 6.45) is 5.31. The molecule has 1 aliphatic carbocycles. The van der Waals surface area contributed by atoms with Crippen molar-refractivity contribution in [2.24, 2.45) is 5.73 Å². The van der Waals surface area contributed by atoms with Gasteiger partial charge in [-0.3, -0.25) is 0 Å². The van der Waals surface area contributed by atoms with Gasteiger partial charge in [-0.1, -0.05) is 28.8 Å². The van der Waals surface area contributed by atoms with Gasteiger partial charge in [-0.25, -0.2) is 0 Å². The summed E-state index contributed by atoms with van der Waals surface area (Å²) in [5.41, 5.74) is 8.01. The summed E-state index contributed by atoms with van der Waals surface area (Å²) in [4.78, 5) is 0. The largest absolute Gasteiger partial charge is 0.382 e. The van der Waals surface area contributed by atoms with Crippen molar-refractivity contribution in [3.8, 4) is 0 Å². The molecule has 2 nitrogen and oxygen atoms in total. The molecule has 1 saturated carbocycles. The van der Waals surface area contributed by atoms with Crippen molar-refractivity contribution in [2.75, 3.05) is 5.32 Å². The Morgan fingerprint density at radius 2 is 2.00 bits per heavy atom. The number of benzene rings is 1. The Labute approximate surface area is 99.4 Å². The first-order valence-electron chi connectivity index (χ1n) is 5.54. The molecule has 0 atom stereocenters. The fraction of sp³-hybridized carbons (Fsp3) is 0.500. The lowest BCUT2D eigenvalue weighted by molar-refractivity contribution is 0.755. The summed E-state index contributed by atoms with van der Waals surface area (Å²) >= 11 is 3.51. The second-order valence-electron chi connectivity index (χ2n) is 4.18. The van der Waals surface area contributed by atoms with Crippen LogP contribution in [0.5, 0.6) is 0 Å². The normalized spacial score (nSPS) is 16.9. The SMILES string of the molecule is NCc1cc(Br)cc(NC2CCCC2)c1. The molecule has 1 aromatic rings. The first-order chi connectivity index (χ1) is 7.28. The zero-order valence-electron chi connectivity index (χ0n) is 8.80. The number of rotatable bonds is 3. The molecular weight excluding hydrogens is 252 g/mol. The fourth-order valence-corrected chi connectivity index (χ4v) is 2.70. The van der Waals surface area contributed by atoms with Crippen LogP contribution in [0.15, 0.2) is 22.7 Å². The van der Waals surface area contributed by atoms with E-state index in [1.807, 2.05) is 0 Å². The maximum atomic E-state index is 5.65. The Bertz CT molecular complexity index is 332. The Morgan fingerprint density at radius 1 is 1.27 bits per heavy atom. The van der Waals surface area contributed by atoms with Crippen molar-refractivity contribution in [1.82, 2.24) is 0 Å². The van der Waals surface area contributed by atoms with E-state index in [4.69, 9.17) is 5.73 Å². The van der Waals surface area contributed by atoms with Crippen LogP contribution >= 0.6 is 15.9 Å². The molecule has 0 spiro atoms. The van der Waals surface area contributed by atoms with E-state index >= 15 is 0 Å². The first-order valence-corrected chi connectivity index (χ1v) is 6.33. The predicted octanol–water partition coefficient (Wildman–Crippen LogP) is 3.26. The molecule has 1 fully saturated rings. The fourth-order valence-electron chi connectivity index (χ4n) is 2.16. The highest BCUT2D eigenvalue weighted by atomic mass is 79.9. The molecule has 0 amide bonds. The van der Waals surface area contributed by atoms with Gasteiger partial charge in [0.2, 0.25) is 0 Å². The van der Waals surface area contributed by atoms with Gasteiger partial charge in [0.15, 0.2) is 0 Å². The number of halogens is 1. The number of hydrogen-bond donors (Lipinski definition) is 2. The van der Waals surface area contributed by atoms with Gasteiger partial charge in [-0.15, -0.1) is 0 Å². The van der Waals surface area contributed by atoms with E-state index in [9.17, 15) is 0 Å². The van der Waals surface area contributed by atoms with Gasteiger partial charge >= 0.3 is 0 Å². The molecule has 82 valence electrons. The Hall–Kier alpha value is -0.540. The second kappa shape index (κ2) is 4.99. The molecule has 0 radical (unpaired) electrons. The average Bonchev–Trinajstić information content (AvgIpc) is 2.69. The minimum absolute atomic E-state index is 0.596. The van der Waals surface area contributed by atoms with Crippen LogP contribution in [-0.4, -0.2) is 6.04 Å². The highest BCUT2D eigenvalue weighted by Gasteiger charge is 2.14. The van der Waals surface area contributed by atoms with Crippen molar-refractivity contribution < 1.29 is 0 Å². The topological polar surface area (TPSA) is 38.0 Å². The van der Waals surface area contributed by atoms with Crippen molar-refractivity contribution >= 4 is 21.6 Å². The first kappa shape index (κ1) is 11.0. The zero-order valence-corrected chi connectivity index (χ0v) is 10.4. The maximum absolute atomic E-state index is 5.65. The highest BCUT2D eigenvalue weighted by Crippen LogP contribution is 2.25. The Kier molecular flexibility index (Phi) is 3.65. The lowest BCUT2D eigenvalue weighted by Crippen LogP contribution is -2.14. The molecule has 0 aliphatic heterocycles. The van der Waals surface area contributed by atoms with Crippen molar-refractivity contribution in [3.63, 3.8) is 0 Å². The molecule has 3 heteroatoms. The van der Waals surface area contributed by atoms with Crippen LogP contribution in [0.1, 0.15) is 31.2 Å². The van der Waals surface area contributed by atoms with Crippen LogP contribution in [0.25, 0.3) is 0 Å². The summed E-state index contributed by atoms with van der Waals surface area (Å²) in [5.74, 6) is 0. The smallest absolute Gasteiger partial charge is 0.0356 e. The molecule has 0 unspecified atom stereocenters. The summed E-state index contributed by atoms with van der Waals surface area (Å²) in [6, 6.07) is 6.99. The third kappa shape index (κ3) is 2.95. The Morgan fingerprint density at radius 3 is 2.67 bits per heavy atom. The number of nitrogens with one attached hydrogen (secondary N) is 1. The summed E-state index contributed by atoms with van der Waals surface area (Å²) in [5, 5.41) is 3.57. The van der Waals surface area contributed by atoms with E-state index in [0.717, 1.165) is 4.47 Å². The molecule has 2 rings (SSSR count). The molecule has 0 heterocycles. The standard InChI is InChI=1S/C12H17BrN2/c13-10-5-9(8-14)6-12(7-10)15-11-3-1-2-4-11/h5-7,11,15H,1-4,8,14H2. The minimum Gasteiger partial charge on any atom is -0.382 e. The monoisotopic (exact) mass is 268 g/mol. The van der Waals surface area contributed by atoms with E-state index in [1.165, 1.54) is 36.9 Å². The van der Waals surface area contributed by atoms with Crippen LogP contribution in [-0.2, 0) is 6.54 Å². The molecule has 0 aromatic heterocycles. The second-order valence-corrected chi connectivity index (χ2v) is 5.09. The number of hydrogen-bond acceptors (Lipinski definition) is 2. The third-order valence-electron chi connectivity index (χ3n) is 2.92. The van der Waals surface area contributed by atoms with Gasteiger partial charge in [0.1, 0.15) is 0 Å². The van der Waals surface area contributed by atoms with E-state index in [0.29, 0.717) is 12.6 Å². The quantitative estimate of drug-likeness (QED) is 0.883. The minimum atomic E-state index is 0.596. The summed E-state index contributed by atoms with van der Waals surface area (Å²) in [7, 11) is 0. The molecule has 0 saturated heterocycles. The lowest BCUT2D eigenvalue weighted by Gasteiger charge is -2.14. The van der Waals surface area contributed by atoms with E-state index in [1.54, 1.807) is 0 Å². The van der Waals surface area contributed by atoms with Gasteiger partial charge < -0.3 is 11.1 Å². The number of anilines is 1. The third-order valence-corrected chi connectivity index (χ3v) is 3.38. The van der Waals surface area contributed by atoms with Gasteiger partial charge in [0.05, 0.1) is 0 Å². The molecular formula is C12H17BrN2. The van der Waals surface area contributed by atoms with E-state index in [2.05, 4.69) is 39.4 Å². The zero-order chi connectivity index (χ0) is 10.7. The summed E-state index contributed by atoms with van der Waals surface area (Å²) < 4.78 is 1.10. The predicted molar refractivity (Wildman–Crippen MR) is 67.9 cm³/mol. The molecule has 1 aliphatic rings. The average molecular weight is 269 g/mol. The van der Waals surface area contributed by atoms with Crippen LogP contribution in [0.2, 0.25) is 0 Å². The lowest BCUT2D eigenvalue weighted by atomic mass is 10.1. The van der Waals surface area contributed by atoms with E-state index < -0.39 is 0 Å². The van der Waals surface area contributed by atoms with Crippen molar-refractivity contribution in [3.05, 3.63) is 28.2 Å². The van der Waals surface area contributed by atoms with Gasteiger partial charge in [-0.2, -0.15) is 0 Å². The number of nitrogens with two attached hydrogens (primary N) is 1. The van der Waals surface area contributed by atoms with Crippen LogP contribution in [0.4, 0.5) is 5.69 Å². The molecule has 15 heavy (non-hydrogen) atoms. The van der Waals surface area contributed by atoms with Crippen LogP contribution in [0.3, 0.4) is 0 Å². The van der Waals surface area contributed by atoms with Gasteiger partial charge in [-0.05, 0) is 36.6 Å². The molecule has 1 aromatic carbocycles. The van der Waals surface area contributed by atoms with Gasteiger partial charge in [0, 0.05) is 22.7 Å². The van der Waals surface area contributed by atoms with Crippen LogP contribution < -0.4 is 11.1 Å². The van der Waals surface area contributed by atoms with Crippen molar-refractivity contribution in [2.45, 2.75) is 38.3 Å². The maximum Gasteiger partial charge on any atom is 0.0356 e. The van der Waals surface area contributed by atoms with Crippen LogP contribution in [0, 0.1) is 0 Å².